The van der Waals surface area contributed by atoms with Crippen LogP contribution in [0.3, 0.4) is 0 Å². The normalized spacial score (nSPS) is 25.0. The van der Waals surface area contributed by atoms with E-state index in [-0.39, 0.29) is 19.6 Å². The molecule has 1 heterocycles. The summed E-state index contributed by atoms with van der Waals surface area (Å²) in [7, 11) is 0. The number of nitrogens with two attached hydrogens (primary N) is 1. The molecule has 6 nitrogen and oxygen atoms in total. The average molecular weight is 244 g/mol. The van der Waals surface area contributed by atoms with Crippen molar-refractivity contribution in [2.45, 2.75) is 38.3 Å². The van der Waals surface area contributed by atoms with E-state index in [1.165, 1.54) is 0 Å². The standard InChI is InChI=1S/C11H20N2O4/c1-2-6-13(9(14)8-12)11(16)5-3-4-7-17-10(11)15/h16H,2-8,12H2,1H3. The number of esters is 1. The van der Waals surface area contributed by atoms with Crippen LogP contribution in [0.4, 0.5) is 0 Å². The summed E-state index contributed by atoms with van der Waals surface area (Å²) in [4.78, 5) is 24.6. The summed E-state index contributed by atoms with van der Waals surface area (Å²) in [5, 5.41) is 10.4. The third-order valence-corrected chi connectivity index (χ3v) is 2.85. The van der Waals surface area contributed by atoms with Gasteiger partial charge in [-0.05, 0) is 19.3 Å². The summed E-state index contributed by atoms with van der Waals surface area (Å²) in [6, 6.07) is 0. The quantitative estimate of drug-likeness (QED) is 0.518. The summed E-state index contributed by atoms with van der Waals surface area (Å²) < 4.78 is 4.92. The molecular formula is C11H20N2O4. The zero-order valence-electron chi connectivity index (χ0n) is 10.1. The van der Waals surface area contributed by atoms with E-state index in [1.54, 1.807) is 0 Å². The molecule has 1 amide bonds. The SMILES string of the molecule is CCCN(C(=O)CN)C1(O)CCCCOC1=O. The van der Waals surface area contributed by atoms with E-state index in [9.17, 15) is 14.7 Å². The minimum Gasteiger partial charge on any atom is -0.462 e. The fraction of sp³-hybridized carbons (Fsp3) is 0.818. The number of carbonyl (C=O) groups excluding carboxylic acids is 2. The molecule has 0 saturated carbocycles. The molecule has 0 bridgehead atoms. The molecule has 1 fully saturated rings. The highest BCUT2D eigenvalue weighted by Gasteiger charge is 2.46. The van der Waals surface area contributed by atoms with Gasteiger partial charge in [0, 0.05) is 13.0 Å². The lowest BCUT2D eigenvalue weighted by atomic mass is 10.0. The van der Waals surface area contributed by atoms with Crippen LogP contribution in [0.2, 0.25) is 0 Å². The van der Waals surface area contributed by atoms with Gasteiger partial charge in [-0.2, -0.15) is 0 Å². The fourth-order valence-electron chi connectivity index (χ4n) is 1.95. The first-order valence-corrected chi connectivity index (χ1v) is 5.96. The Morgan fingerprint density at radius 3 is 2.88 bits per heavy atom. The lowest BCUT2D eigenvalue weighted by molar-refractivity contribution is -0.192. The Labute approximate surface area is 101 Å². The van der Waals surface area contributed by atoms with E-state index >= 15 is 0 Å². The predicted octanol–water partition coefficient (Wildman–Crippen LogP) is -0.401. The summed E-state index contributed by atoms with van der Waals surface area (Å²) in [5.41, 5.74) is 3.45. The number of amides is 1. The highest BCUT2D eigenvalue weighted by molar-refractivity contribution is 5.87. The number of ether oxygens (including phenoxy) is 1. The van der Waals surface area contributed by atoms with Crippen molar-refractivity contribution in [2.24, 2.45) is 5.73 Å². The van der Waals surface area contributed by atoms with Crippen LogP contribution in [0.25, 0.3) is 0 Å². The van der Waals surface area contributed by atoms with E-state index in [4.69, 9.17) is 10.5 Å². The maximum Gasteiger partial charge on any atom is 0.359 e. The summed E-state index contributed by atoms with van der Waals surface area (Å²) in [6.45, 7) is 2.22. The first kappa shape index (κ1) is 13.9. The number of hydrogen-bond donors (Lipinski definition) is 2. The van der Waals surface area contributed by atoms with Crippen LogP contribution >= 0.6 is 0 Å². The Hall–Kier alpha value is -1.14. The van der Waals surface area contributed by atoms with Crippen molar-refractivity contribution in [3.63, 3.8) is 0 Å². The van der Waals surface area contributed by atoms with Crippen molar-refractivity contribution in [2.75, 3.05) is 19.7 Å². The fourth-order valence-corrected chi connectivity index (χ4v) is 1.95. The number of carbonyl (C=O) groups is 2. The number of aliphatic hydroxyl groups is 1. The van der Waals surface area contributed by atoms with Gasteiger partial charge in [0.25, 0.3) is 0 Å². The van der Waals surface area contributed by atoms with Crippen LogP contribution in [-0.2, 0) is 14.3 Å². The monoisotopic (exact) mass is 244 g/mol. The van der Waals surface area contributed by atoms with Gasteiger partial charge in [-0.3, -0.25) is 4.79 Å². The molecule has 0 spiro atoms. The van der Waals surface area contributed by atoms with Gasteiger partial charge in [0.1, 0.15) is 0 Å². The van der Waals surface area contributed by atoms with Gasteiger partial charge in [-0.25, -0.2) is 4.79 Å². The first-order chi connectivity index (χ1) is 8.06. The van der Waals surface area contributed by atoms with E-state index < -0.39 is 17.6 Å². The third-order valence-electron chi connectivity index (χ3n) is 2.85. The van der Waals surface area contributed by atoms with Gasteiger partial charge >= 0.3 is 5.97 Å². The lowest BCUT2D eigenvalue weighted by Gasteiger charge is -2.36. The van der Waals surface area contributed by atoms with Crippen molar-refractivity contribution in [3.05, 3.63) is 0 Å². The third kappa shape index (κ3) is 2.95. The van der Waals surface area contributed by atoms with Crippen molar-refractivity contribution < 1.29 is 19.4 Å². The predicted molar refractivity (Wildman–Crippen MR) is 60.8 cm³/mol. The molecule has 0 aromatic carbocycles. The van der Waals surface area contributed by atoms with E-state index in [0.717, 1.165) is 4.90 Å². The summed E-state index contributed by atoms with van der Waals surface area (Å²) in [5.74, 6) is -1.18. The maximum atomic E-state index is 11.8. The number of nitrogens with zero attached hydrogens (tertiary/aromatic N) is 1. The van der Waals surface area contributed by atoms with Gasteiger partial charge < -0.3 is 20.5 Å². The summed E-state index contributed by atoms with van der Waals surface area (Å²) >= 11 is 0. The second-order valence-corrected chi connectivity index (χ2v) is 4.16. The molecule has 1 rings (SSSR count). The topological polar surface area (TPSA) is 92.9 Å². The van der Waals surface area contributed by atoms with Crippen LogP contribution in [0.15, 0.2) is 0 Å². The van der Waals surface area contributed by atoms with E-state index in [1.807, 2.05) is 6.92 Å². The van der Waals surface area contributed by atoms with E-state index in [2.05, 4.69) is 0 Å². The van der Waals surface area contributed by atoms with Crippen molar-refractivity contribution in [1.29, 1.82) is 0 Å². The van der Waals surface area contributed by atoms with Gasteiger partial charge in [0.2, 0.25) is 11.6 Å². The molecule has 1 saturated heterocycles. The number of hydrogen-bond acceptors (Lipinski definition) is 5. The lowest BCUT2D eigenvalue weighted by Crippen LogP contribution is -2.58. The molecule has 0 aromatic rings. The summed E-state index contributed by atoms with van der Waals surface area (Å²) in [6.07, 6.45) is 2.18. The zero-order chi connectivity index (χ0) is 12.9. The van der Waals surface area contributed by atoms with Crippen LogP contribution < -0.4 is 5.73 Å². The van der Waals surface area contributed by atoms with Gasteiger partial charge in [0.15, 0.2) is 0 Å². The average Bonchev–Trinajstić information content (AvgIpc) is 2.49. The molecule has 98 valence electrons. The molecule has 6 heteroatoms. The Balaban J connectivity index is 2.94. The van der Waals surface area contributed by atoms with Crippen molar-refractivity contribution >= 4 is 11.9 Å². The molecule has 0 aromatic heterocycles. The van der Waals surface area contributed by atoms with Crippen LogP contribution in [0.5, 0.6) is 0 Å². The van der Waals surface area contributed by atoms with Crippen LogP contribution in [0.1, 0.15) is 32.6 Å². The second kappa shape index (κ2) is 5.97. The molecule has 3 N–H and O–H groups in total. The highest BCUT2D eigenvalue weighted by atomic mass is 16.6. The molecule has 1 unspecified atom stereocenters. The van der Waals surface area contributed by atoms with E-state index in [0.29, 0.717) is 25.8 Å². The molecule has 0 radical (unpaired) electrons. The number of cyclic esters (lactones) is 1. The number of rotatable bonds is 4. The highest BCUT2D eigenvalue weighted by Crippen LogP contribution is 2.25. The van der Waals surface area contributed by atoms with Gasteiger partial charge in [-0.1, -0.05) is 6.92 Å². The Morgan fingerprint density at radius 2 is 2.29 bits per heavy atom. The molecule has 0 aliphatic carbocycles. The molecule has 1 aliphatic heterocycles. The van der Waals surface area contributed by atoms with Crippen molar-refractivity contribution in [1.82, 2.24) is 4.90 Å². The minimum atomic E-state index is -1.84. The minimum absolute atomic E-state index is 0.206. The second-order valence-electron chi connectivity index (χ2n) is 4.16. The molecular weight excluding hydrogens is 224 g/mol. The largest absolute Gasteiger partial charge is 0.462 e. The maximum absolute atomic E-state index is 11.8. The first-order valence-electron chi connectivity index (χ1n) is 5.96. The van der Waals surface area contributed by atoms with Crippen LogP contribution in [0, 0.1) is 0 Å². The Morgan fingerprint density at radius 1 is 1.59 bits per heavy atom. The van der Waals surface area contributed by atoms with Crippen molar-refractivity contribution in [3.8, 4) is 0 Å². The molecule has 1 atom stereocenters. The zero-order valence-corrected chi connectivity index (χ0v) is 10.1. The van der Waals surface area contributed by atoms with Gasteiger partial charge in [0.05, 0.1) is 13.2 Å². The molecule has 1 aliphatic rings. The Kier molecular flexibility index (Phi) is 4.89. The molecule has 17 heavy (non-hydrogen) atoms. The smallest absolute Gasteiger partial charge is 0.359 e. The van der Waals surface area contributed by atoms with Gasteiger partial charge in [-0.15, -0.1) is 0 Å². The van der Waals surface area contributed by atoms with Crippen LogP contribution in [-0.4, -0.2) is 47.3 Å². The Bertz CT molecular complexity index is 295.